The lowest BCUT2D eigenvalue weighted by Crippen LogP contribution is -2.21. The van der Waals surface area contributed by atoms with Crippen molar-refractivity contribution in [3.8, 4) is 0 Å². The van der Waals surface area contributed by atoms with Gasteiger partial charge in [-0.05, 0) is 26.0 Å². The summed E-state index contributed by atoms with van der Waals surface area (Å²) in [5.74, 6) is -0.332. The molecule has 2 rings (SSSR count). The van der Waals surface area contributed by atoms with E-state index in [0.29, 0.717) is 22.5 Å². The fourth-order valence-corrected chi connectivity index (χ4v) is 1.61. The summed E-state index contributed by atoms with van der Waals surface area (Å²) in [6.07, 6.45) is 4.48. The third-order valence-electron chi connectivity index (χ3n) is 2.67. The van der Waals surface area contributed by atoms with Crippen LogP contribution in [-0.4, -0.2) is 26.6 Å². The van der Waals surface area contributed by atoms with Crippen LogP contribution in [0.25, 0.3) is 0 Å². The summed E-state index contributed by atoms with van der Waals surface area (Å²) in [7, 11) is 0. The van der Waals surface area contributed by atoms with E-state index in [9.17, 15) is 9.59 Å². The molecule has 1 amide bonds. The number of H-pyrrole nitrogens is 1. The van der Waals surface area contributed by atoms with Gasteiger partial charge < -0.3 is 4.98 Å². The third kappa shape index (κ3) is 3.14. The van der Waals surface area contributed by atoms with E-state index >= 15 is 0 Å². The molecule has 0 fully saturated rings. The number of amides is 1. The smallest absolute Gasteiger partial charge is 0.309 e. The molecule has 0 aliphatic carbocycles. The SMILES string of the molecule is C/C(=N\NC(=O)c1ccncc1)c1cnc(=O)[nH]c1C. The van der Waals surface area contributed by atoms with Gasteiger partial charge in [0.1, 0.15) is 0 Å². The Kier molecular flexibility index (Phi) is 3.99. The van der Waals surface area contributed by atoms with Crippen molar-refractivity contribution in [3.05, 3.63) is 58.0 Å². The Morgan fingerprint density at radius 2 is 2.05 bits per heavy atom. The number of hydrogen-bond acceptors (Lipinski definition) is 5. The van der Waals surface area contributed by atoms with E-state index in [1.54, 1.807) is 26.0 Å². The molecule has 0 atom stereocenters. The molecule has 0 saturated heterocycles. The monoisotopic (exact) mass is 271 g/mol. The Labute approximate surface area is 114 Å². The van der Waals surface area contributed by atoms with E-state index in [0.717, 1.165) is 0 Å². The van der Waals surface area contributed by atoms with Gasteiger partial charge in [-0.1, -0.05) is 0 Å². The second-order valence-corrected chi connectivity index (χ2v) is 4.10. The number of carbonyl (C=O) groups excluding carboxylic acids is 1. The number of pyridine rings is 1. The minimum atomic E-state index is -0.417. The first-order chi connectivity index (χ1) is 9.58. The van der Waals surface area contributed by atoms with Gasteiger partial charge in [-0.3, -0.25) is 9.78 Å². The molecule has 0 radical (unpaired) electrons. The topological polar surface area (TPSA) is 100 Å². The van der Waals surface area contributed by atoms with Crippen molar-refractivity contribution in [1.29, 1.82) is 0 Å². The number of aryl methyl sites for hydroxylation is 1. The van der Waals surface area contributed by atoms with Crippen LogP contribution in [0, 0.1) is 6.92 Å². The molecule has 0 aliphatic rings. The van der Waals surface area contributed by atoms with Crippen LogP contribution in [-0.2, 0) is 0 Å². The molecule has 102 valence electrons. The van der Waals surface area contributed by atoms with Gasteiger partial charge in [0, 0.05) is 35.4 Å². The highest BCUT2D eigenvalue weighted by molar-refractivity contribution is 6.01. The van der Waals surface area contributed by atoms with Gasteiger partial charge in [0.2, 0.25) is 0 Å². The van der Waals surface area contributed by atoms with Crippen molar-refractivity contribution in [1.82, 2.24) is 20.4 Å². The summed E-state index contributed by atoms with van der Waals surface area (Å²) in [5.41, 5.74) is 4.35. The lowest BCUT2D eigenvalue weighted by molar-refractivity contribution is 0.0954. The standard InChI is InChI=1S/C13H13N5O2/c1-8-11(7-15-13(20)16-8)9(2)17-18-12(19)10-3-5-14-6-4-10/h3-7H,1-2H3,(H,18,19)(H,15,16,20)/b17-9+. The first-order valence-corrected chi connectivity index (χ1v) is 5.89. The second kappa shape index (κ2) is 5.87. The molecule has 20 heavy (non-hydrogen) atoms. The van der Waals surface area contributed by atoms with E-state index in [4.69, 9.17) is 0 Å². The van der Waals surface area contributed by atoms with Crippen molar-refractivity contribution in [2.75, 3.05) is 0 Å². The van der Waals surface area contributed by atoms with Crippen LogP contribution in [0.1, 0.15) is 28.5 Å². The molecule has 7 nitrogen and oxygen atoms in total. The zero-order chi connectivity index (χ0) is 14.5. The number of aromatic nitrogens is 3. The van der Waals surface area contributed by atoms with Crippen LogP contribution in [0.3, 0.4) is 0 Å². The van der Waals surface area contributed by atoms with Gasteiger partial charge >= 0.3 is 5.69 Å². The molecular formula is C13H13N5O2. The van der Waals surface area contributed by atoms with Gasteiger partial charge in [0.15, 0.2) is 0 Å². The average molecular weight is 271 g/mol. The van der Waals surface area contributed by atoms with Gasteiger partial charge in [0.25, 0.3) is 5.91 Å². The first-order valence-electron chi connectivity index (χ1n) is 5.89. The first kappa shape index (κ1) is 13.6. The highest BCUT2D eigenvalue weighted by atomic mass is 16.2. The van der Waals surface area contributed by atoms with Crippen molar-refractivity contribution in [2.45, 2.75) is 13.8 Å². The number of carbonyl (C=O) groups is 1. The number of aromatic amines is 1. The highest BCUT2D eigenvalue weighted by Crippen LogP contribution is 2.02. The Hall–Kier alpha value is -2.83. The van der Waals surface area contributed by atoms with Crippen LogP contribution >= 0.6 is 0 Å². The number of nitrogens with zero attached hydrogens (tertiary/aromatic N) is 3. The van der Waals surface area contributed by atoms with Crippen molar-refractivity contribution in [2.24, 2.45) is 5.10 Å². The van der Waals surface area contributed by atoms with E-state index in [-0.39, 0.29) is 5.91 Å². The number of hydrogen-bond donors (Lipinski definition) is 2. The molecule has 7 heteroatoms. The van der Waals surface area contributed by atoms with Crippen molar-refractivity contribution >= 4 is 11.6 Å². The van der Waals surface area contributed by atoms with Crippen LogP contribution in [0.2, 0.25) is 0 Å². The predicted octanol–water partition coefficient (Wildman–Crippen LogP) is 0.627. The number of nitrogens with one attached hydrogen (secondary N) is 2. The molecule has 0 saturated carbocycles. The summed E-state index contributed by atoms with van der Waals surface area (Å²) in [6, 6.07) is 3.18. The van der Waals surface area contributed by atoms with Gasteiger partial charge in [0.05, 0.1) is 5.71 Å². The fraction of sp³-hybridized carbons (Fsp3) is 0.154. The van der Waals surface area contributed by atoms with Gasteiger partial charge in [-0.2, -0.15) is 5.10 Å². The molecule has 0 aliphatic heterocycles. The van der Waals surface area contributed by atoms with Crippen LogP contribution in [0.15, 0.2) is 40.6 Å². The van der Waals surface area contributed by atoms with E-state index in [2.05, 4.69) is 25.5 Å². The van der Waals surface area contributed by atoms with Crippen molar-refractivity contribution in [3.63, 3.8) is 0 Å². The van der Waals surface area contributed by atoms with E-state index in [1.165, 1.54) is 18.6 Å². The quantitative estimate of drug-likeness (QED) is 0.631. The fourth-order valence-electron chi connectivity index (χ4n) is 1.61. The maximum Gasteiger partial charge on any atom is 0.345 e. The second-order valence-electron chi connectivity index (χ2n) is 4.10. The van der Waals surface area contributed by atoms with Crippen LogP contribution < -0.4 is 11.1 Å². The maximum atomic E-state index is 11.8. The average Bonchev–Trinajstić information content (AvgIpc) is 2.45. The lowest BCUT2D eigenvalue weighted by Gasteiger charge is -2.04. The minimum Gasteiger partial charge on any atom is -0.309 e. The molecular weight excluding hydrogens is 258 g/mol. The van der Waals surface area contributed by atoms with Crippen molar-refractivity contribution < 1.29 is 4.79 Å². The van der Waals surface area contributed by atoms with E-state index < -0.39 is 5.69 Å². The number of rotatable bonds is 3. The van der Waals surface area contributed by atoms with E-state index in [1.807, 2.05) is 0 Å². The normalized spacial score (nSPS) is 11.2. The predicted molar refractivity (Wildman–Crippen MR) is 73.5 cm³/mol. The molecule has 0 bridgehead atoms. The van der Waals surface area contributed by atoms with Crippen LogP contribution in [0.5, 0.6) is 0 Å². The lowest BCUT2D eigenvalue weighted by atomic mass is 10.2. The highest BCUT2D eigenvalue weighted by Gasteiger charge is 2.06. The molecule has 2 heterocycles. The molecule has 2 aromatic rings. The summed E-state index contributed by atoms with van der Waals surface area (Å²) in [6.45, 7) is 3.46. The molecule has 0 unspecified atom stereocenters. The molecule has 0 aromatic carbocycles. The molecule has 2 N–H and O–H groups in total. The minimum absolute atomic E-state index is 0.332. The zero-order valence-electron chi connectivity index (χ0n) is 11.0. The third-order valence-corrected chi connectivity index (χ3v) is 2.67. The van der Waals surface area contributed by atoms with Crippen LogP contribution in [0.4, 0.5) is 0 Å². The van der Waals surface area contributed by atoms with Gasteiger partial charge in [-0.25, -0.2) is 15.2 Å². The largest absolute Gasteiger partial charge is 0.345 e. The zero-order valence-corrected chi connectivity index (χ0v) is 11.0. The Bertz CT molecular complexity index is 706. The maximum absolute atomic E-state index is 11.8. The summed E-state index contributed by atoms with van der Waals surface area (Å²) in [5, 5.41) is 4.00. The Balaban J connectivity index is 2.15. The molecule has 0 spiro atoms. The number of hydrazone groups is 1. The Morgan fingerprint density at radius 1 is 1.35 bits per heavy atom. The summed E-state index contributed by atoms with van der Waals surface area (Å²) < 4.78 is 0. The molecule has 2 aromatic heterocycles. The van der Waals surface area contributed by atoms with Gasteiger partial charge in [-0.15, -0.1) is 0 Å². The Morgan fingerprint density at radius 3 is 2.70 bits per heavy atom. The summed E-state index contributed by atoms with van der Waals surface area (Å²) in [4.78, 5) is 32.9. The summed E-state index contributed by atoms with van der Waals surface area (Å²) >= 11 is 0.